The average Bonchev–Trinajstić information content (AvgIpc) is 3.81. The van der Waals surface area contributed by atoms with E-state index in [0.29, 0.717) is 22.9 Å². The molecule has 0 radical (unpaired) electrons. The summed E-state index contributed by atoms with van der Waals surface area (Å²) in [5.74, 6) is 1.16. The third-order valence-electron chi connectivity index (χ3n) is 8.70. The molecule has 0 aliphatic rings. The highest BCUT2D eigenvalue weighted by atomic mass is 16.4. The molecule has 5 nitrogen and oxygen atoms in total. The topological polar surface area (TPSA) is 55.3 Å². The monoisotopic (exact) mass is 631 g/mol. The quantitative estimate of drug-likeness (QED) is 0.175. The second-order valence-electron chi connectivity index (χ2n) is 11.9. The minimum absolute atomic E-state index is 0.582. The fourth-order valence-corrected chi connectivity index (χ4v) is 6.40. The summed E-state index contributed by atoms with van der Waals surface area (Å²) in [5.41, 5.74) is 11.8. The van der Waals surface area contributed by atoms with E-state index in [1.807, 2.05) is 78.9 Å². The minimum atomic E-state index is 0.582. The number of fused-ring (bicyclic) bond motifs is 2. The molecule has 0 atom stereocenters. The molecule has 9 aromatic rings. The molecule has 0 amide bonds. The molecule has 7 aromatic carbocycles. The number of para-hydroxylation sites is 1. The van der Waals surface area contributed by atoms with Crippen LogP contribution in [-0.4, -0.2) is 9.97 Å². The predicted molar refractivity (Wildman–Crippen MR) is 198 cm³/mol. The number of nitrogens with zero attached hydrogens (tertiary/aromatic N) is 3. The van der Waals surface area contributed by atoms with Crippen molar-refractivity contribution >= 4 is 39.3 Å². The fourth-order valence-electron chi connectivity index (χ4n) is 6.40. The van der Waals surface area contributed by atoms with Gasteiger partial charge in [0.1, 0.15) is 11.0 Å². The third kappa shape index (κ3) is 5.33. The van der Waals surface area contributed by atoms with E-state index >= 15 is 0 Å². The standard InChI is InChI=1S/C44H29N3O2/c1-6-16-30(17-7-1)37-26-35(28-39-41(37)45-43(48-39)32-20-10-3-11-21-32)47(34-24-14-5-15-25-34)36-27-38(31-18-8-2-9-19-31)42-40(29-36)49-44(46-42)33-22-12-4-13-23-33/h1-29H. The molecule has 0 N–H and O–H groups in total. The molecule has 0 saturated heterocycles. The van der Waals surface area contributed by atoms with Gasteiger partial charge in [-0.3, -0.25) is 0 Å². The maximum Gasteiger partial charge on any atom is 0.227 e. The SMILES string of the molecule is c1ccc(-c2nc3c(-c4ccccc4)cc(N(c4ccccc4)c4cc(-c5ccccc5)c5nc(-c6ccccc6)oc5c4)cc3o2)cc1. The molecule has 9 rings (SSSR count). The molecule has 5 heteroatoms. The van der Waals surface area contributed by atoms with Crippen molar-refractivity contribution in [3.8, 4) is 45.2 Å². The number of aromatic nitrogens is 2. The van der Waals surface area contributed by atoms with Gasteiger partial charge in [-0.15, -0.1) is 0 Å². The summed E-state index contributed by atoms with van der Waals surface area (Å²) in [4.78, 5) is 12.3. The molecule has 232 valence electrons. The number of rotatable bonds is 7. The van der Waals surface area contributed by atoms with Gasteiger partial charge < -0.3 is 13.7 Å². The van der Waals surface area contributed by atoms with Gasteiger partial charge in [0.2, 0.25) is 11.8 Å². The zero-order chi connectivity index (χ0) is 32.6. The lowest BCUT2D eigenvalue weighted by Crippen LogP contribution is -2.10. The Morgan fingerprint density at radius 3 is 1.08 bits per heavy atom. The van der Waals surface area contributed by atoms with Gasteiger partial charge in [0.15, 0.2) is 11.2 Å². The van der Waals surface area contributed by atoms with Crippen molar-refractivity contribution in [3.63, 3.8) is 0 Å². The van der Waals surface area contributed by atoms with Crippen molar-refractivity contribution in [3.05, 3.63) is 176 Å². The van der Waals surface area contributed by atoms with E-state index in [1.54, 1.807) is 0 Å². The molecule has 2 aromatic heterocycles. The largest absolute Gasteiger partial charge is 0.436 e. The molecule has 0 saturated carbocycles. The van der Waals surface area contributed by atoms with Crippen molar-refractivity contribution < 1.29 is 8.83 Å². The second-order valence-corrected chi connectivity index (χ2v) is 11.9. The van der Waals surface area contributed by atoms with Crippen LogP contribution in [0, 0.1) is 0 Å². The smallest absolute Gasteiger partial charge is 0.227 e. The summed E-state index contributed by atoms with van der Waals surface area (Å²) < 4.78 is 13.1. The van der Waals surface area contributed by atoms with Gasteiger partial charge in [-0.1, -0.05) is 115 Å². The van der Waals surface area contributed by atoms with E-state index in [1.165, 1.54) is 0 Å². The number of hydrogen-bond acceptors (Lipinski definition) is 5. The summed E-state index contributed by atoms with van der Waals surface area (Å²) in [5, 5.41) is 0. The Labute approximate surface area is 283 Å². The van der Waals surface area contributed by atoms with Crippen LogP contribution in [0.15, 0.2) is 185 Å². The van der Waals surface area contributed by atoms with Crippen LogP contribution in [0.2, 0.25) is 0 Å². The number of hydrogen-bond donors (Lipinski definition) is 0. The molecule has 0 aliphatic carbocycles. The molecule has 0 bridgehead atoms. The van der Waals surface area contributed by atoms with Crippen LogP contribution in [0.4, 0.5) is 17.1 Å². The molecule has 0 fully saturated rings. The van der Waals surface area contributed by atoms with E-state index in [-0.39, 0.29) is 0 Å². The molecule has 0 unspecified atom stereocenters. The molecule has 0 aliphatic heterocycles. The van der Waals surface area contributed by atoms with E-state index < -0.39 is 0 Å². The molecular weight excluding hydrogens is 603 g/mol. The Bertz CT molecular complexity index is 2370. The molecule has 49 heavy (non-hydrogen) atoms. The first-order chi connectivity index (χ1) is 24.3. The van der Waals surface area contributed by atoms with Crippen LogP contribution >= 0.6 is 0 Å². The Balaban J connectivity index is 1.30. The van der Waals surface area contributed by atoms with Crippen molar-refractivity contribution in [2.24, 2.45) is 0 Å². The summed E-state index contributed by atoms with van der Waals surface area (Å²) in [7, 11) is 0. The highest BCUT2D eigenvalue weighted by Crippen LogP contribution is 2.44. The first kappa shape index (κ1) is 28.5. The normalized spacial score (nSPS) is 11.3. The van der Waals surface area contributed by atoms with Gasteiger partial charge in [0.25, 0.3) is 0 Å². The maximum atomic E-state index is 6.53. The van der Waals surface area contributed by atoms with Gasteiger partial charge in [0, 0.05) is 40.1 Å². The van der Waals surface area contributed by atoms with E-state index in [2.05, 4.69) is 102 Å². The van der Waals surface area contributed by atoms with Crippen molar-refractivity contribution in [1.29, 1.82) is 0 Å². The van der Waals surface area contributed by atoms with Gasteiger partial charge in [-0.05, 0) is 59.7 Å². The van der Waals surface area contributed by atoms with Crippen LogP contribution in [0.5, 0.6) is 0 Å². The average molecular weight is 632 g/mol. The lowest BCUT2D eigenvalue weighted by atomic mass is 10.0. The van der Waals surface area contributed by atoms with Gasteiger partial charge in [0.05, 0.1) is 11.4 Å². The van der Waals surface area contributed by atoms with Crippen LogP contribution in [0.1, 0.15) is 0 Å². The van der Waals surface area contributed by atoms with E-state index in [4.69, 9.17) is 18.8 Å². The van der Waals surface area contributed by atoms with E-state index in [9.17, 15) is 0 Å². The van der Waals surface area contributed by atoms with Crippen LogP contribution in [-0.2, 0) is 0 Å². The minimum Gasteiger partial charge on any atom is -0.436 e. The van der Waals surface area contributed by atoms with Crippen LogP contribution < -0.4 is 4.90 Å². The zero-order valence-electron chi connectivity index (χ0n) is 26.4. The zero-order valence-corrected chi connectivity index (χ0v) is 26.4. The maximum absolute atomic E-state index is 6.53. The summed E-state index contributed by atoms with van der Waals surface area (Å²) in [6.45, 7) is 0. The van der Waals surface area contributed by atoms with E-state index in [0.717, 1.165) is 61.5 Å². The lowest BCUT2D eigenvalue weighted by molar-refractivity contribution is 0.620. The Kier molecular flexibility index (Phi) is 7.06. The van der Waals surface area contributed by atoms with Gasteiger partial charge in [-0.25, -0.2) is 9.97 Å². The molecular formula is C44H29N3O2. The number of oxazole rings is 2. The van der Waals surface area contributed by atoms with Crippen LogP contribution in [0.3, 0.4) is 0 Å². The van der Waals surface area contributed by atoms with Crippen molar-refractivity contribution in [2.45, 2.75) is 0 Å². The molecule has 0 spiro atoms. The van der Waals surface area contributed by atoms with Crippen molar-refractivity contribution in [2.75, 3.05) is 4.90 Å². The summed E-state index contributed by atoms with van der Waals surface area (Å²) in [6, 6.07) is 59.7. The van der Waals surface area contributed by atoms with Crippen molar-refractivity contribution in [1.82, 2.24) is 9.97 Å². The third-order valence-corrected chi connectivity index (χ3v) is 8.70. The fraction of sp³-hybridized carbons (Fsp3) is 0. The first-order valence-electron chi connectivity index (χ1n) is 16.2. The predicted octanol–water partition coefficient (Wildman–Crippen LogP) is 12.1. The van der Waals surface area contributed by atoms with Crippen LogP contribution in [0.25, 0.3) is 67.4 Å². The highest BCUT2D eigenvalue weighted by molar-refractivity contribution is 6.00. The molecule has 2 heterocycles. The van der Waals surface area contributed by atoms with Gasteiger partial charge >= 0.3 is 0 Å². The number of benzene rings is 7. The summed E-state index contributed by atoms with van der Waals surface area (Å²) in [6.07, 6.45) is 0. The summed E-state index contributed by atoms with van der Waals surface area (Å²) >= 11 is 0. The lowest BCUT2D eigenvalue weighted by Gasteiger charge is -2.26. The first-order valence-corrected chi connectivity index (χ1v) is 16.2. The number of anilines is 3. The van der Waals surface area contributed by atoms with Gasteiger partial charge in [-0.2, -0.15) is 0 Å². The Hall–Kier alpha value is -6.72. The Morgan fingerprint density at radius 2 is 0.694 bits per heavy atom. The second kappa shape index (κ2) is 12.1. The highest BCUT2D eigenvalue weighted by Gasteiger charge is 2.22. The Morgan fingerprint density at radius 1 is 0.347 bits per heavy atom.